The molecule has 0 N–H and O–H groups in total. The van der Waals surface area contributed by atoms with Crippen molar-refractivity contribution in [3.8, 4) is 0 Å². The van der Waals surface area contributed by atoms with Crippen molar-refractivity contribution in [1.82, 2.24) is 9.80 Å². The lowest BCUT2D eigenvalue weighted by molar-refractivity contribution is 0.0222. The molecular weight excluding hydrogens is 440 g/mol. The number of amides is 2. The molecule has 176 valence electrons. The standard InChI is InChI=1S/C26H31ClN2O4/c1-26(2,3)33-25(31)29-12-7-10-23(29)21-15-20(27)14-19-11-13-28(16-22(19)21)24(30)32-17-18-8-5-4-6-9-18/h4-6,8-9,14-15,23H,7,10-13,16-17H2,1-3H3. The normalized spacial score (nSPS) is 18.1. The van der Waals surface area contributed by atoms with Gasteiger partial charge in [0.2, 0.25) is 0 Å². The third-order valence-electron chi connectivity index (χ3n) is 6.04. The number of halogens is 1. The van der Waals surface area contributed by atoms with E-state index in [0.717, 1.165) is 35.1 Å². The topological polar surface area (TPSA) is 59.1 Å². The third kappa shape index (κ3) is 5.61. The van der Waals surface area contributed by atoms with Crippen LogP contribution in [0.1, 0.15) is 61.9 Å². The molecule has 2 aromatic carbocycles. The molecule has 1 unspecified atom stereocenters. The number of fused-ring (bicyclic) bond motifs is 1. The maximum atomic E-state index is 12.9. The summed E-state index contributed by atoms with van der Waals surface area (Å²) in [6.45, 7) is 7.51. The summed E-state index contributed by atoms with van der Waals surface area (Å²) < 4.78 is 11.2. The van der Waals surface area contributed by atoms with Gasteiger partial charge >= 0.3 is 12.2 Å². The van der Waals surface area contributed by atoms with E-state index >= 15 is 0 Å². The molecule has 1 saturated heterocycles. The first-order valence-electron chi connectivity index (χ1n) is 11.5. The average Bonchev–Trinajstić information content (AvgIpc) is 3.26. The average molecular weight is 471 g/mol. The van der Waals surface area contributed by atoms with Crippen LogP contribution in [-0.2, 0) is 29.0 Å². The first-order chi connectivity index (χ1) is 15.7. The van der Waals surface area contributed by atoms with Crippen molar-refractivity contribution in [2.75, 3.05) is 13.1 Å². The maximum absolute atomic E-state index is 12.9. The van der Waals surface area contributed by atoms with Gasteiger partial charge in [-0.1, -0.05) is 41.9 Å². The molecule has 0 bridgehead atoms. The van der Waals surface area contributed by atoms with E-state index in [1.165, 1.54) is 0 Å². The van der Waals surface area contributed by atoms with Crippen molar-refractivity contribution in [2.45, 2.75) is 64.8 Å². The molecule has 0 aliphatic carbocycles. The molecule has 6 nitrogen and oxygen atoms in total. The molecule has 0 aromatic heterocycles. The molecule has 0 spiro atoms. The van der Waals surface area contributed by atoms with E-state index < -0.39 is 5.60 Å². The van der Waals surface area contributed by atoms with Crippen molar-refractivity contribution >= 4 is 23.8 Å². The highest BCUT2D eigenvalue weighted by molar-refractivity contribution is 6.30. The van der Waals surface area contributed by atoms with Crippen LogP contribution in [0.2, 0.25) is 5.02 Å². The van der Waals surface area contributed by atoms with Gasteiger partial charge in [0.25, 0.3) is 0 Å². The van der Waals surface area contributed by atoms with Crippen molar-refractivity contribution in [2.24, 2.45) is 0 Å². The summed E-state index contributed by atoms with van der Waals surface area (Å²) in [5.74, 6) is 0. The molecule has 7 heteroatoms. The fourth-order valence-corrected chi connectivity index (χ4v) is 4.80. The van der Waals surface area contributed by atoms with Crippen molar-refractivity contribution < 1.29 is 19.1 Å². The Morgan fingerprint density at radius 1 is 1.09 bits per heavy atom. The monoisotopic (exact) mass is 470 g/mol. The van der Waals surface area contributed by atoms with Gasteiger partial charge in [0.15, 0.2) is 0 Å². The van der Waals surface area contributed by atoms with Crippen LogP contribution in [0.15, 0.2) is 42.5 Å². The third-order valence-corrected chi connectivity index (χ3v) is 6.26. The second-order valence-corrected chi connectivity index (χ2v) is 10.1. The minimum Gasteiger partial charge on any atom is -0.445 e. The van der Waals surface area contributed by atoms with Crippen molar-refractivity contribution in [1.29, 1.82) is 0 Å². The molecule has 2 aliphatic heterocycles. The van der Waals surface area contributed by atoms with Gasteiger partial charge in [0, 0.05) is 24.7 Å². The second kappa shape index (κ2) is 9.64. The summed E-state index contributed by atoms with van der Waals surface area (Å²) in [6, 6.07) is 13.4. The van der Waals surface area contributed by atoms with Gasteiger partial charge in [-0.2, -0.15) is 0 Å². The number of hydrogen-bond acceptors (Lipinski definition) is 4. The van der Waals surface area contributed by atoms with E-state index in [4.69, 9.17) is 21.1 Å². The van der Waals surface area contributed by atoms with E-state index in [2.05, 4.69) is 0 Å². The van der Waals surface area contributed by atoms with Gasteiger partial charge in [-0.3, -0.25) is 0 Å². The Hall–Kier alpha value is -2.73. The highest BCUT2D eigenvalue weighted by Gasteiger charge is 2.36. The van der Waals surface area contributed by atoms with E-state index in [0.29, 0.717) is 31.1 Å². The highest BCUT2D eigenvalue weighted by Crippen LogP contribution is 2.39. The Kier molecular flexibility index (Phi) is 6.84. The molecule has 2 aliphatic rings. The SMILES string of the molecule is CC(C)(C)OC(=O)N1CCCC1c1cc(Cl)cc2c1CN(C(=O)OCc1ccccc1)CC2. The van der Waals surface area contributed by atoms with E-state index in [1.54, 1.807) is 9.80 Å². The molecular formula is C26H31ClN2O4. The molecule has 2 aromatic rings. The van der Waals surface area contributed by atoms with Crippen molar-refractivity contribution in [3.05, 3.63) is 69.7 Å². The van der Waals surface area contributed by atoms with Gasteiger partial charge in [0.1, 0.15) is 12.2 Å². The van der Waals surface area contributed by atoms with Crippen LogP contribution < -0.4 is 0 Å². The van der Waals surface area contributed by atoms with Crippen LogP contribution in [0.3, 0.4) is 0 Å². The largest absolute Gasteiger partial charge is 0.445 e. The lowest BCUT2D eigenvalue weighted by Gasteiger charge is -2.34. The van der Waals surface area contributed by atoms with Gasteiger partial charge < -0.3 is 19.3 Å². The first kappa shape index (κ1) is 23.4. The first-order valence-corrected chi connectivity index (χ1v) is 11.9. The van der Waals surface area contributed by atoms with Crippen LogP contribution in [0.25, 0.3) is 0 Å². The quantitative estimate of drug-likeness (QED) is 0.543. The molecule has 2 heterocycles. The summed E-state index contributed by atoms with van der Waals surface area (Å²) in [5.41, 5.74) is 3.58. The van der Waals surface area contributed by atoms with E-state index in [-0.39, 0.29) is 24.8 Å². The zero-order valence-electron chi connectivity index (χ0n) is 19.5. The number of hydrogen-bond donors (Lipinski definition) is 0. The molecule has 2 amide bonds. The molecule has 4 rings (SSSR count). The van der Waals surface area contributed by atoms with E-state index in [1.807, 2.05) is 63.2 Å². The van der Waals surface area contributed by atoms with Gasteiger partial charge in [-0.05, 0) is 74.4 Å². The number of likely N-dealkylation sites (tertiary alicyclic amines) is 1. The number of ether oxygens (including phenoxy) is 2. The summed E-state index contributed by atoms with van der Waals surface area (Å²) in [6.07, 6.45) is 1.79. The van der Waals surface area contributed by atoms with Crippen molar-refractivity contribution in [3.63, 3.8) is 0 Å². The summed E-state index contributed by atoms with van der Waals surface area (Å²) in [7, 11) is 0. The minimum absolute atomic E-state index is 0.118. The fourth-order valence-electron chi connectivity index (χ4n) is 4.55. The predicted molar refractivity (Wildman–Crippen MR) is 127 cm³/mol. The molecule has 0 saturated carbocycles. The maximum Gasteiger partial charge on any atom is 0.410 e. The van der Waals surface area contributed by atoms with Crippen LogP contribution in [0, 0.1) is 0 Å². The Morgan fingerprint density at radius 2 is 1.85 bits per heavy atom. The summed E-state index contributed by atoms with van der Waals surface area (Å²) in [5, 5.41) is 0.653. The van der Waals surface area contributed by atoms with Gasteiger partial charge in [0.05, 0.1) is 6.04 Å². The second-order valence-electron chi connectivity index (χ2n) is 9.68. The number of carbonyl (C=O) groups excluding carboxylic acids is 2. The molecule has 33 heavy (non-hydrogen) atoms. The highest BCUT2D eigenvalue weighted by atomic mass is 35.5. The Bertz CT molecular complexity index is 1020. The zero-order chi connectivity index (χ0) is 23.6. The number of nitrogens with zero attached hydrogens (tertiary/aromatic N) is 2. The van der Waals surface area contributed by atoms with Crippen LogP contribution in [-0.4, -0.2) is 40.7 Å². The van der Waals surface area contributed by atoms with E-state index in [9.17, 15) is 9.59 Å². The smallest absolute Gasteiger partial charge is 0.410 e. The molecule has 1 atom stereocenters. The Labute approximate surface area is 200 Å². The zero-order valence-corrected chi connectivity index (χ0v) is 20.2. The molecule has 1 fully saturated rings. The van der Waals surface area contributed by atoms with Crippen LogP contribution in [0.5, 0.6) is 0 Å². The Morgan fingerprint density at radius 3 is 2.58 bits per heavy atom. The predicted octanol–water partition coefficient (Wildman–Crippen LogP) is 6.11. The number of carbonyl (C=O) groups is 2. The van der Waals surface area contributed by atoms with Gasteiger partial charge in [-0.25, -0.2) is 9.59 Å². The van der Waals surface area contributed by atoms with Gasteiger partial charge in [-0.15, -0.1) is 0 Å². The minimum atomic E-state index is -0.558. The lowest BCUT2D eigenvalue weighted by Crippen LogP contribution is -2.39. The molecule has 0 radical (unpaired) electrons. The fraction of sp³-hybridized carbons (Fsp3) is 0.462. The van der Waals surface area contributed by atoms with Crippen LogP contribution in [0.4, 0.5) is 9.59 Å². The number of rotatable bonds is 3. The summed E-state index contributed by atoms with van der Waals surface area (Å²) >= 11 is 6.47. The lowest BCUT2D eigenvalue weighted by atomic mass is 9.90. The summed E-state index contributed by atoms with van der Waals surface area (Å²) in [4.78, 5) is 29.2. The van der Waals surface area contributed by atoms with Crippen LogP contribution >= 0.6 is 11.6 Å². The number of benzene rings is 2. The Balaban J connectivity index is 1.53.